The fourth-order valence-corrected chi connectivity index (χ4v) is 2.28. The second-order valence-corrected chi connectivity index (χ2v) is 5.36. The lowest BCUT2D eigenvalue weighted by atomic mass is 10.7. The number of hydrogen-bond donors (Lipinski definition) is 1. The Morgan fingerprint density at radius 2 is 2.44 bits per heavy atom. The summed E-state index contributed by atoms with van der Waals surface area (Å²) >= 11 is 5.50. The fourth-order valence-electron chi connectivity index (χ4n) is 0.410. The van der Waals surface area contributed by atoms with Gasteiger partial charge in [0.05, 0.1) is 0 Å². The molecule has 0 aliphatic carbocycles. The van der Waals surface area contributed by atoms with Crippen molar-refractivity contribution in [3.05, 3.63) is 17.5 Å². The van der Waals surface area contributed by atoms with Crippen molar-refractivity contribution < 1.29 is 8.76 Å². The number of hydrogen-bond acceptors (Lipinski definition) is 3. The molecule has 0 bridgehead atoms. The van der Waals surface area contributed by atoms with Crippen LogP contribution in [0, 0.1) is 0 Å². The van der Waals surface area contributed by atoms with Crippen LogP contribution in [0.25, 0.3) is 0 Å². The monoisotopic (exact) mass is 180 g/mol. The van der Waals surface area contributed by atoms with Crippen LogP contribution in [-0.4, -0.2) is 8.76 Å². The topological polar surface area (TPSA) is 37.3 Å². The molecule has 0 spiro atoms. The molecule has 0 amide bonds. The zero-order valence-electron chi connectivity index (χ0n) is 4.31. The van der Waals surface area contributed by atoms with E-state index in [0.717, 1.165) is 0 Å². The van der Waals surface area contributed by atoms with Crippen molar-refractivity contribution in [2.45, 2.75) is 4.21 Å². The standard InChI is InChI=1S/C4H4O2S3/c5-9(6,7)4-2-1-3-8-4/h1-3H,(H,5,6,7). The van der Waals surface area contributed by atoms with Gasteiger partial charge in [0, 0.05) is 11.2 Å². The van der Waals surface area contributed by atoms with Crippen molar-refractivity contribution in [2.75, 3.05) is 0 Å². The van der Waals surface area contributed by atoms with Gasteiger partial charge in [-0.2, -0.15) is 0 Å². The summed E-state index contributed by atoms with van der Waals surface area (Å²) in [6, 6.07) is 3.25. The van der Waals surface area contributed by atoms with Gasteiger partial charge in [-0.25, -0.2) is 4.21 Å². The van der Waals surface area contributed by atoms with Crippen LogP contribution in [0.1, 0.15) is 0 Å². The van der Waals surface area contributed by atoms with Crippen molar-refractivity contribution in [1.82, 2.24) is 0 Å². The fraction of sp³-hybridized carbons (Fsp3) is 0. The first-order valence-electron chi connectivity index (χ1n) is 2.12. The third-order valence-electron chi connectivity index (χ3n) is 0.749. The summed E-state index contributed by atoms with van der Waals surface area (Å²) < 4.78 is 19.7. The molecule has 2 nitrogen and oxygen atoms in total. The van der Waals surface area contributed by atoms with Crippen LogP contribution in [0.5, 0.6) is 0 Å². The molecule has 0 aliphatic rings. The molecule has 0 fully saturated rings. The SMILES string of the molecule is O=S(O)(=S)c1cccs1. The molecule has 1 aromatic rings. The molecule has 1 rings (SSSR count). The summed E-state index contributed by atoms with van der Waals surface area (Å²) in [5, 5.41) is 1.72. The Labute approximate surface area is 62.0 Å². The summed E-state index contributed by atoms with van der Waals surface area (Å²) in [4.78, 5) is 0. The maximum Gasteiger partial charge on any atom is 0.180 e. The first-order chi connectivity index (χ1) is 4.11. The minimum absolute atomic E-state index is 0.359. The van der Waals surface area contributed by atoms with Crippen molar-refractivity contribution in [2.24, 2.45) is 0 Å². The lowest BCUT2D eigenvalue weighted by molar-refractivity contribution is 0.564. The first kappa shape index (κ1) is 7.14. The van der Waals surface area contributed by atoms with Gasteiger partial charge in [-0.05, 0) is 11.4 Å². The van der Waals surface area contributed by atoms with Crippen LogP contribution >= 0.6 is 11.3 Å². The maximum atomic E-state index is 10.6. The van der Waals surface area contributed by atoms with Gasteiger partial charge in [0.25, 0.3) is 0 Å². The van der Waals surface area contributed by atoms with E-state index in [-0.39, 0.29) is 0 Å². The molecule has 1 N–H and O–H groups in total. The van der Waals surface area contributed by atoms with Crippen LogP contribution < -0.4 is 0 Å². The molecule has 1 unspecified atom stereocenters. The van der Waals surface area contributed by atoms with Crippen LogP contribution in [0.15, 0.2) is 21.7 Å². The maximum absolute atomic E-state index is 10.6. The van der Waals surface area contributed by atoms with Gasteiger partial charge in [0.15, 0.2) is 8.77 Å². The van der Waals surface area contributed by atoms with Gasteiger partial charge in [-0.3, -0.25) is 0 Å². The van der Waals surface area contributed by atoms with Gasteiger partial charge < -0.3 is 4.55 Å². The molecule has 0 saturated heterocycles. The van der Waals surface area contributed by atoms with Crippen molar-refractivity contribution in [3.63, 3.8) is 0 Å². The summed E-state index contributed by atoms with van der Waals surface area (Å²) in [6.45, 7) is 0. The molecule has 0 aromatic carbocycles. The summed E-state index contributed by atoms with van der Waals surface area (Å²) in [5.41, 5.74) is 0. The Balaban J connectivity index is 3.20. The van der Waals surface area contributed by atoms with E-state index in [9.17, 15) is 4.21 Å². The highest BCUT2D eigenvalue weighted by molar-refractivity contribution is 8.30. The molecule has 50 valence electrons. The average molecular weight is 180 g/mol. The van der Waals surface area contributed by atoms with E-state index in [1.165, 1.54) is 11.3 Å². The van der Waals surface area contributed by atoms with Crippen molar-refractivity contribution in [1.29, 1.82) is 0 Å². The smallest absolute Gasteiger partial charge is 0.180 e. The van der Waals surface area contributed by atoms with E-state index in [4.69, 9.17) is 4.55 Å². The normalized spacial score (nSPS) is 17.0. The van der Waals surface area contributed by atoms with Crippen molar-refractivity contribution >= 4 is 31.3 Å². The Hall–Kier alpha value is 0.0300. The van der Waals surface area contributed by atoms with Gasteiger partial charge in [0.1, 0.15) is 4.21 Å². The van der Waals surface area contributed by atoms with Crippen LogP contribution in [0.3, 0.4) is 0 Å². The van der Waals surface area contributed by atoms with Gasteiger partial charge in [0.2, 0.25) is 0 Å². The summed E-state index contributed by atoms with van der Waals surface area (Å²) in [6.07, 6.45) is 0. The molecular weight excluding hydrogens is 176 g/mol. The molecule has 1 heterocycles. The van der Waals surface area contributed by atoms with Crippen LogP contribution in [0.2, 0.25) is 0 Å². The predicted molar refractivity (Wildman–Crippen MR) is 40.7 cm³/mol. The largest absolute Gasteiger partial charge is 0.301 e. The summed E-state index contributed by atoms with van der Waals surface area (Å²) in [5.74, 6) is 0. The Morgan fingerprint density at radius 1 is 1.78 bits per heavy atom. The minimum Gasteiger partial charge on any atom is -0.301 e. The molecule has 1 atom stereocenters. The number of thiophene rings is 1. The molecule has 0 aliphatic heterocycles. The molecule has 5 heteroatoms. The second-order valence-electron chi connectivity index (χ2n) is 1.41. The lowest BCUT2D eigenvalue weighted by Crippen LogP contribution is -1.90. The van der Waals surface area contributed by atoms with E-state index in [0.29, 0.717) is 4.21 Å². The van der Waals surface area contributed by atoms with E-state index in [2.05, 4.69) is 11.2 Å². The molecule has 0 radical (unpaired) electrons. The van der Waals surface area contributed by atoms with E-state index in [1.807, 2.05) is 0 Å². The van der Waals surface area contributed by atoms with E-state index in [1.54, 1.807) is 17.5 Å². The third-order valence-corrected chi connectivity index (χ3v) is 3.88. The Bertz CT molecular complexity index is 271. The highest BCUT2D eigenvalue weighted by atomic mass is 32.8. The van der Waals surface area contributed by atoms with Crippen LogP contribution in [0.4, 0.5) is 0 Å². The Kier molecular flexibility index (Phi) is 1.85. The highest BCUT2D eigenvalue weighted by Gasteiger charge is 2.03. The van der Waals surface area contributed by atoms with Gasteiger partial charge in [-0.1, -0.05) is 6.07 Å². The predicted octanol–water partition coefficient (Wildman–Crippen LogP) is 1.33. The van der Waals surface area contributed by atoms with Crippen molar-refractivity contribution in [3.8, 4) is 0 Å². The zero-order chi connectivity index (χ0) is 6.91. The minimum atomic E-state index is -3.11. The average Bonchev–Trinajstić information content (AvgIpc) is 2.08. The van der Waals surface area contributed by atoms with Gasteiger partial charge >= 0.3 is 0 Å². The molecule has 0 saturated carbocycles. The van der Waals surface area contributed by atoms with E-state index < -0.39 is 8.77 Å². The van der Waals surface area contributed by atoms with Gasteiger partial charge in [-0.15, -0.1) is 11.3 Å². The molecule has 9 heavy (non-hydrogen) atoms. The second kappa shape index (κ2) is 2.34. The third kappa shape index (κ3) is 1.72. The quantitative estimate of drug-likeness (QED) is 0.708. The molecule has 1 aromatic heterocycles. The van der Waals surface area contributed by atoms with E-state index >= 15 is 0 Å². The van der Waals surface area contributed by atoms with Crippen LogP contribution in [-0.2, 0) is 20.0 Å². The Morgan fingerprint density at radius 3 is 2.67 bits per heavy atom. The zero-order valence-corrected chi connectivity index (χ0v) is 6.76. The summed E-state index contributed by atoms with van der Waals surface area (Å²) in [7, 11) is -3.11. The molecular formula is C4H4O2S3. The number of rotatable bonds is 1. The first-order valence-corrected chi connectivity index (χ1v) is 5.43. The highest BCUT2D eigenvalue weighted by Crippen LogP contribution is 2.14. The lowest BCUT2D eigenvalue weighted by Gasteiger charge is -1.89.